The van der Waals surface area contributed by atoms with Crippen molar-refractivity contribution in [1.82, 2.24) is 9.88 Å². The molecule has 0 spiro atoms. The molecule has 3 aliphatic rings. The van der Waals surface area contributed by atoms with Gasteiger partial charge in [-0.2, -0.15) is 0 Å². The lowest BCUT2D eigenvalue weighted by Crippen LogP contribution is -2.40. The first-order valence-corrected chi connectivity index (χ1v) is 11.2. The summed E-state index contributed by atoms with van der Waals surface area (Å²) in [7, 11) is 0. The van der Waals surface area contributed by atoms with Crippen LogP contribution in [0.25, 0.3) is 6.08 Å². The number of pyridine rings is 1. The van der Waals surface area contributed by atoms with Crippen molar-refractivity contribution in [3.05, 3.63) is 59.3 Å². The summed E-state index contributed by atoms with van der Waals surface area (Å²) in [5, 5.41) is 2.79. The lowest BCUT2D eigenvalue weighted by Gasteiger charge is -2.34. The summed E-state index contributed by atoms with van der Waals surface area (Å²) in [5.41, 5.74) is 4.77. The van der Waals surface area contributed by atoms with E-state index in [1.807, 2.05) is 17.0 Å². The van der Waals surface area contributed by atoms with Crippen LogP contribution in [0.3, 0.4) is 0 Å². The average molecular weight is 417 g/mol. The average Bonchev–Trinajstić information content (AvgIpc) is 3.21. The second-order valence-electron chi connectivity index (χ2n) is 8.75. The molecule has 1 aromatic carbocycles. The number of rotatable bonds is 4. The zero-order valence-electron chi connectivity index (χ0n) is 17.7. The van der Waals surface area contributed by atoms with Crippen molar-refractivity contribution in [1.29, 1.82) is 0 Å². The Morgan fingerprint density at radius 1 is 1.10 bits per heavy atom. The van der Waals surface area contributed by atoms with E-state index in [4.69, 9.17) is 0 Å². The van der Waals surface area contributed by atoms with Gasteiger partial charge in [-0.3, -0.25) is 9.59 Å². The van der Waals surface area contributed by atoms with Crippen LogP contribution in [-0.2, 0) is 22.4 Å². The molecule has 6 nitrogen and oxygen atoms in total. The summed E-state index contributed by atoms with van der Waals surface area (Å²) in [6.07, 6.45) is 9.62. The number of piperidine rings is 1. The van der Waals surface area contributed by atoms with Crippen molar-refractivity contribution < 1.29 is 9.59 Å². The van der Waals surface area contributed by atoms with Crippen molar-refractivity contribution in [3.63, 3.8) is 0 Å². The number of nitrogens with one attached hydrogen (secondary N) is 1. The Bertz CT molecular complexity index is 1020. The van der Waals surface area contributed by atoms with E-state index in [2.05, 4.69) is 39.5 Å². The van der Waals surface area contributed by atoms with Crippen LogP contribution in [0.15, 0.2) is 42.6 Å². The van der Waals surface area contributed by atoms with Gasteiger partial charge in [-0.15, -0.1) is 0 Å². The predicted octanol–water partition coefficient (Wildman–Crippen LogP) is 3.28. The van der Waals surface area contributed by atoms with Gasteiger partial charge in [-0.25, -0.2) is 4.98 Å². The van der Waals surface area contributed by atoms with Crippen molar-refractivity contribution >= 4 is 29.4 Å². The van der Waals surface area contributed by atoms with E-state index in [1.54, 1.807) is 12.3 Å². The zero-order valence-corrected chi connectivity index (χ0v) is 17.7. The molecule has 4 heterocycles. The third-order valence-corrected chi connectivity index (χ3v) is 6.67. The number of hydrogen-bond donors (Lipinski definition) is 1. The van der Waals surface area contributed by atoms with Crippen LogP contribution in [0.4, 0.5) is 11.5 Å². The molecule has 0 bridgehead atoms. The second-order valence-corrected chi connectivity index (χ2v) is 8.75. The Morgan fingerprint density at radius 2 is 1.94 bits per heavy atom. The molecule has 1 saturated heterocycles. The van der Waals surface area contributed by atoms with E-state index in [0.717, 1.165) is 56.6 Å². The fourth-order valence-corrected chi connectivity index (χ4v) is 4.88. The van der Waals surface area contributed by atoms with Crippen molar-refractivity contribution in [3.8, 4) is 0 Å². The molecule has 0 radical (unpaired) electrons. The molecule has 5 rings (SSSR count). The first-order chi connectivity index (χ1) is 15.2. The maximum absolute atomic E-state index is 12.7. The number of amides is 2. The Morgan fingerprint density at radius 3 is 2.81 bits per heavy atom. The number of aromatic nitrogens is 1. The molecule has 2 aromatic rings. The molecule has 160 valence electrons. The van der Waals surface area contributed by atoms with Crippen molar-refractivity contribution in [2.24, 2.45) is 5.92 Å². The van der Waals surface area contributed by atoms with Crippen LogP contribution in [0.2, 0.25) is 0 Å². The number of carbonyl (C=O) groups excluding carboxylic acids is 2. The molecular weight excluding hydrogens is 388 g/mol. The Kier molecular flexibility index (Phi) is 5.45. The van der Waals surface area contributed by atoms with Gasteiger partial charge in [-0.05, 0) is 66.5 Å². The van der Waals surface area contributed by atoms with Gasteiger partial charge in [0.1, 0.15) is 5.82 Å². The van der Waals surface area contributed by atoms with Crippen LogP contribution in [0.5, 0.6) is 0 Å². The maximum Gasteiger partial charge on any atom is 0.246 e. The van der Waals surface area contributed by atoms with Gasteiger partial charge in [0.25, 0.3) is 0 Å². The standard InChI is InChI=1S/C25H28N4O2/c30-23-7-6-21-15-19(16-26-25(21)27-23)5-8-24(31)28-12-9-18(10-13-28)17-29-14-11-20-3-1-2-4-22(20)29/h1-5,8,15-16,18H,6-7,9-14,17H2,(H,26,27,30). The van der Waals surface area contributed by atoms with Gasteiger partial charge in [0.2, 0.25) is 11.8 Å². The summed E-state index contributed by atoms with van der Waals surface area (Å²) < 4.78 is 0. The van der Waals surface area contributed by atoms with Gasteiger partial charge in [0.15, 0.2) is 0 Å². The number of likely N-dealkylation sites (tertiary alicyclic amines) is 1. The number of anilines is 2. The third-order valence-electron chi connectivity index (χ3n) is 6.67. The number of nitrogens with zero attached hydrogens (tertiary/aromatic N) is 3. The van der Waals surface area contributed by atoms with E-state index in [0.29, 0.717) is 24.6 Å². The number of para-hydroxylation sites is 1. The van der Waals surface area contributed by atoms with E-state index < -0.39 is 0 Å². The Labute approximate surface area is 183 Å². The first-order valence-electron chi connectivity index (χ1n) is 11.2. The molecule has 6 heteroatoms. The molecule has 1 N–H and O–H groups in total. The maximum atomic E-state index is 12.7. The Balaban J connectivity index is 1.13. The molecule has 1 aromatic heterocycles. The first kappa shape index (κ1) is 19.8. The van der Waals surface area contributed by atoms with E-state index in [-0.39, 0.29) is 11.8 Å². The predicted molar refractivity (Wildman–Crippen MR) is 122 cm³/mol. The summed E-state index contributed by atoms with van der Waals surface area (Å²) in [5.74, 6) is 1.36. The smallest absolute Gasteiger partial charge is 0.246 e. The largest absolute Gasteiger partial charge is 0.371 e. The SMILES string of the molecule is O=C1CCc2cc(C=CC(=O)N3CCC(CN4CCc5ccccc54)CC3)cnc2N1. The summed E-state index contributed by atoms with van der Waals surface area (Å²) in [6.45, 7) is 3.83. The molecule has 31 heavy (non-hydrogen) atoms. The van der Waals surface area contributed by atoms with E-state index >= 15 is 0 Å². The molecule has 3 aliphatic heterocycles. The van der Waals surface area contributed by atoms with Gasteiger partial charge < -0.3 is 15.1 Å². The van der Waals surface area contributed by atoms with Crippen molar-refractivity contribution in [2.75, 3.05) is 36.4 Å². The minimum Gasteiger partial charge on any atom is -0.371 e. The quantitative estimate of drug-likeness (QED) is 0.777. The monoisotopic (exact) mass is 416 g/mol. The highest BCUT2D eigenvalue weighted by Gasteiger charge is 2.26. The van der Waals surface area contributed by atoms with Gasteiger partial charge in [0, 0.05) is 50.6 Å². The molecule has 0 unspecified atom stereocenters. The van der Waals surface area contributed by atoms with Gasteiger partial charge in [0.05, 0.1) is 0 Å². The summed E-state index contributed by atoms with van der Waals surface area (Å²) in [4.78, 5) is 32.9. The van der Waals surface area contributed by atoms with Crippen LogP contribution in [-0.4, -0.2) is 47.9 Å². The molecule has 0 aliphatic carbocycles. The fraction of sp³-hybridized carbons (Fsp3) is 0.400. The van der Waals surface area contributed by atoms with Gasteiger partial charge in [-0.1, -0.05) is 18.2 Å². The van der Waals surface area contributed by atoms with Crippen LogP contribution >= 0.6 is 0 Å². The zero-order chi connectivity index (χ0) is 21.2. The fourth-order valence-electron chi connectivity index (χ4n) is 4.88. The van der Waals surface area contributed by atoms with E-state index in [9.17, 15) is 9.59 Å². The van der Waals surface area contributed by atoms with E-state index in [1.165, 1.54) is 11.3 Å². The minimum atomic E-state index is 0.0100. The number of fused-ring (bicyclic) bond motifs is 2. The highest BCUT2D eigenvalue weighted by Crippen LogP contribution is 2.30. The second kappa shape index (κ2) is 8.53. The van der Waals surface area contributed by atoms with Gasteiger partial charge >= 0.3 is 0 Å². The van der Waals surface area contributed by atoms with Crippen LogP contribution < -0.4 is 10.2 Å². The summed E-state index contributed by atoms with van der Waals surface area (Å²) in [6, 6.07) is 10.7. The number of aryl methyl sites for hydroxylation is 1. The normalized spacial score (nSPS) is 18.8. The number of carbonyl (C=O) groups is 2. The number of benzene rings is 1. The van der Waals surface area contributed by atoms with Crippen molar-refractivity contribution in [2.45, 2.75) is 32.1 Å². The van der Waals surface area contributed by atoms with Crippen LogP contribution in [0, 0.1) is 5.92 Å². The topological polar surface area (TPSA) is 65.5 Å². The third kappa shape index (κ3) is 4.33. The lowest BCUT2D eigenvalue weighted by atomic mass is 9.96. The molecule has 0 saturated carbocycles. The molecule has 2 amide bonds. The molecular formula is C25H28N4O2. The Hall–Kier alpha value is -3.15. The molecule has 0 atom stereocenters. The highest BCUT2D eigenvalue weighted by molar-refractivity contribution is 5.93. The number of hydrogen-bond acceptors (Lipinski definition) is 4. The molecule has 1 fully saturated rings. The van der Waals surface area contributed by atoms with Crippen LogP contribution in [0.1, 0.15) is 36.0 Å². The summed E-state index contributed by atoms with van der Waals surface area (Å²) >= 11 is 0. The lowest BCUT2D eigenvalue weighted by molar-refractivity contribution is -0.127. The minimum absolute atomic E-state index is 0.0100. The highest BCUT2D eigenvalue weighted by atomic mass is 16.2.